The third-order valence-corrected chi connectivity index (χ3v) is 2.14. The van der Waals surface area contributed by atoms with E-state index < -0.39 is 65.7 Å². The summed E-state index contributed by atoms with van der Waals surface area (Å²) in [7, 11) is 0. The quantitative estimate of drug-likeness (QED) is 0.143. The Morgan fingerprint density at radius 2 is 0.714 bits per heavy atom. The Labute approximate surface area is 194 Å². The van der Waals surface area contributed by atoms with Crippen molar-refractivity contribution >= 4 is 53.5 Å². The SMILES string of the molecule is CC(=O)C(=O)O.CCC(=O)O.O=C(O)C(=O)O.O=C(O)C(O)C(O)C(=O)O.O=C(O)CCC(=O)O. The molecule has 0 aliphatic rings. The molecule has 0 aromatic rings. The number of hydrogen-bond acceptors (Lipinski definition) is 11. The van der Waals surface area contributed by atoms with Crippen LogP contribution in [0, 0.1) is 0 Å². The molecule has 0 aromatic carbocycles. The minimum absolute atomic E-state index is 0.222. The topological polar surface area (TPSA) is 356 Å². The Morgan fingerprint density at radius 1 is 0.514 bits per heavy atom. The maximum absolute atomic E-state index is 9.77. The molecule has 0 bridgehead atoms. The molecule has 0 aromatic heterocycles. The van der Waals surface area contributed by atoms with E-state index in [1.165, 1.54) is 0 Å². The Kier molecular flexibility index (Phi) is 27.9. The number of carbonyl (C=O) groups is 9. The maximum atomic E-state index is 9.77. The van der Waals surface area contributed by atoms with Gasteiger partial charge in [-0.25, -0.2) is 24.0 Å². The molecule has 0 fully saturated rings. The molecule has 202 valence electrons. The molecule has 0 amide bonds. The molecule has 0 aliphatic carbocycles. The van der Waals surface area contributed by atoms with E-state index in [4.69, 9.17) is 60.7 Å². The van der Waals surface area contributed by atoms with Crippen LogP contribution in [-0.2, 0) is 43.2 Å². The Morgan fingerprint density at radius 3 is 0.771 bits per heavy atom. The first-order chi connectivity index (χ1) is 15.6. The minimum atomic E-state index is -2.27. The summed E-state index contributed by atoms with van der Waals surface area (Å²) in [5, 5.41) is 78.5. The Hall–Kier alpha value is -4.65. The molecule has 0 saturated carbocycles. The second-order valence-corrected chi connectivity index (χ2v) is 5.07. The Balaban J connectivity index is -0.000000110. The number of rotatable bonds is 8. The lowest BCUT2D eigenvalue weighted by Crippen LogP contribution is -2.39. The van der Waals surface area contributed by atoms with E-state index in [-0.39, 0.29) is 19.3 Å². The fourth-order valence-electron chi connectivity index (χ4n) is 0.484. The van der Waals surface area contributed by atoms with Gasteiger partial charge in [0.2, 0.25) is 5.78 Å². The van der Waals surface area contributed by atoms with Crippen LogP contribution in [0.1, 0.15) is 33.1 Å². The smallest absolute Gasteiger partial charge is 0.414 e. The van der Waals surface area contributed by atoms with E-state index in [1.54, 1.807) is 6.92 Å². The molecule has 0 radical (unpaired) electrons. The molecule has 10 N–H and O–H groups in total. The molecule has 0 aliphatic heterocycles. The fraction of sp³-hybridized carbons (Fsp3) is 0.438. The van der Waals surface area contributed by atoms with Crippen molar-refractivity contribution < 1.29 is 94.2 Å². The summed E-state index contributed by atoms with van der Waals surface area (Å²) < 4.78 is 0. The summed E-state index contributed by atoms with van der Waals surface area (Å²) in [5.74, 6) is -12.3. The maximum Gasteiger partial charge on any atom is 0.414 e. The number of ketones is 1. The van der Waals surface area contributed by atoms with Crippen LogP contribution >= 0.6 is 0 Å². The third-order valence-electron chi connectivity index (χ3n) is 2.14. The van der Waals surface area contributed by atoms with Gasteiger partial charge in [-0.05, 0) is 0 Å². The zero-order valence-corrected chi connectivity index (χ0v) is 17.9. The fourth-order valence-corrected chi connectivity index (χ4v) is 0.484. The van der Waals surface area contributed by atoms with E-state index in [0.29, 0.717) is 0 Å². The molecule has 19 heteroatoms. The van der Waals surface area contributed by atoms with Crippen LogP contribution in [0.25, 0.3) is 0 Å². The van der Waals surface area contributed by atoms with Gasteiger partial charge in [-0.3, -0.25) is 19.2 Å². The van der Waals surface area contributed by atoms with Crippen LogP contribution in [0.5, 0.6) is 0 Å². The van der Waals surface area contributed by atoms with Crippen molar-refractivity contribution in [1.29, 1.82) is 0 Å². The van der Waals surface area contributed by atoms with Crippen LogP contribution in [0.2, 0.25) is 0 Å². The van der Waals surface area contributed by atoms with Crippen molar-refractivity contribution in [3.05, 3.63) is 0 Å². The van der Waals surface area contributed by atoms with Gasteiger partial charge in [-0.15, -0.1) is 0 Å². The predicted molar refractivity (Wildman–Crippen MR) is 103 cm³/mol. The molecule has 35 heavy (non-hydrogen) atoms. The first kappa shape index (κ1) is 40.7. The van der Waals surface area contributed by atoms with Crippen LogP contribution in [-0.4, -0.2) is 117 Å². The van der Waals surface area contributed by atoms with E-state index in [0.717, 1.165) is 6.92 Å². The average molecular weight is 520 g/mol. The lowest BCUT2D eigenvalue weighted by molar-refractivity contribution is -0.165. The molecule has 0 spiro atoms. The third kappa shape index (κ3) is 44.0. The first-order valence-corrected chi connectivity index (χ1v) is 8.32. The first-order valence-electron chi connectivity index (χ1n) is 8.32. The number of carboxylic acid groups (broad SMARTS) is 8. The summed E-state index contributed by atoms with van der Waals surface area (Å²) in [6, 6.07) is 0. The van der Waals surface area contributed by atoms with Gasteiger partial charge in [0.15, 0.2) is 12.2 Å². The number of aliphatic hydroxyl groups excluding tert-OH is 2. The second-order valence-electron chi connectivity index (χ2n) is 5.07. The van der Waals surface area contributed by atoms with E-state index in [9.17, 15) is 33.6 Å². The summed E-state index contributed by atoms with van der Waals surface area (Å²) >= 11 is 0. The van der Waals surface area contributed by atoms with Crippen LogP contribution < -0.4 is 0 Å². The number of hydrogen-bond donors (Lipinski definition) is 10. The van der Waals surface area contributed by atoms with Crippen molar-refractivity contribution in [2.45, 2.75) is 45.3 Å². The molecular weight excluding hydrogens is 496 g/mol. The zero-order valence-electron chi connectivity index (χ0n) is 17.9. The van der Waals surface area contributed by atoms with E-state index in [2.05, 4.69) is 0 Å². The number of Topliss-reactive ketones (excluding diaryl/α,β-unsaturated/α-hetero) is 1. The van der Waals surface area contributed by atoms with Gasteiger partial charge >= 0.3 is 47.8 Å². The second kappa shape index (κ2) is 24.0. The minimum Gasteiger partial charge on any atom is -0.481 e. The van der Waals surface area contributed by atoms with Gasteiger partial charge in [-0.1, -0.05) is 6.92 Å². The van der Waals surface area contributed by atoms with Gasteiger partial charge in [0.1, 0.15) is 0 Å². The number of aliphatic carboxylic acids is 8. The molecule has 2 atom stereocenters. The molecule has 2 unspecified atom stereocenters. The summed E-state index contributed by atoms with van der Waals surface area (Å²) in [6.07, 6.45) is -4.90. The monoisotopic (exact) mass is 520 g/mol. The standard InChI is InChI=1S/C4H6O6.C4H6O4.C3H4O3.C3H6O2.C2H2O4/c5-1(3(7)8)2(6)4(9)10;5-3(6)1-2-4(7)8;1-2(4)3(5)6;1-2-3(4)5;3-1(4)2(5)6/h1-2,5-6H,(H,7,8)(H,9,10);1-2H2,(H,5,6)(H,7,8);1H3,(H,5,6);2H2,1H3,(H,4,5);(H,3,4)(H,5,6). The van der Waals surface area contributed by atoms with Crippen molar-refractivity contribution in [3.8, 4) is 0 Å². The van der Waals surface area contributed by atoms with Crippen molar-refractivity contribution in [2.75, 3.05) is 0 Å². The number of carbonyl (C=O) groups excluding carboxylic acids is 1. The molecule has 0 rings (SSSR count). The lowest BCUT2D eigenvalue weighted by Gasteiger charge is -2.07. The summed E-state index contributed by atoms with van der Waals surface area (Å²) in [4.78, 5) is 85.3. The highest BCUT2D eigenvalue weighted by Gasteiger charge is 2.29. The van der Waals surface area contributed by atoms with E-state index in [1.807, 2.05) is 0 Å². The molecule has 0 saturated heterocycles. The van der Waals surface area contributed by atoms with Crippen LogP contribution in [0.15, 0.2) is 0 Å². The van der Waals surface area contributed by atoms with Crippen LogP contribution in [0.3, 0.4) is 0 Å². The zero-order chi connectivity index (χ0) is 29.5. The predicted octanol–water partition coefficient (Wildman–Crippen LogP) is -2.89. The van der Waals surface area contributed by atoms with Gasteiger partial charge in [0, 0.05) is 13.3 Å². The lowest BCUT2D eigenvalue weighted by atomic mass is 10.2. The normalized spacial score (nSPS) is 10.1. The van der Waals surface area contributed by atoms with Gasteiger partial charge in [-0.2, -0.15) is 0 Å². The summed E-state index contributed by atoms with van der Waals surface area (Å²) in [6.45, 7) is 2.60. The highest BCUT2D eigenvalue weighted by atomic mass is 16.4. The highest BCUT2D eigenvalue weighted by Crippen LogP contribution is 1.92. The highest BCUT2D eigenvalue weighted by molar-refractivity contribution is 6.31. The van der Waals surface area contributed by atoms with Crippen molar-refractivity contribution in [1.82, 2.24) is 0 Å². The van der Waals surface area contributed by atoms with Gasteiger partial charge in [0.05, 0.1) is 12.8 Å². The Bertz CT molecular complexity index is 672. The summed E-state index contributed by atoms with van der Waals surface area (Å²) in [5.41, 5.74) is 0. The molecule has 0 heterocycles. The molecule has 19 nitrogen and oxygen atoms in total. The molecular formula is C16H24O19. The number of carboxylic acids is 8. The van der Waals surface area contributed by atoms with Crippen molar-refractivity contribution in [2.24, 2.45) is 0 Å². The van der Waals surface area contributed by atoms with E-state index >= 15 is 0 Å². The number of aliphatic hydroxyl groups is 2. The average Bonchev–Trinajstić information content (AvgIpc) is 2.72. The van der Waals surface area contributed by atoms with Gasteiger partial charge < -0.3 is 51.1 Å². The largest absolute Gasteiger partial charge is 0.481 e. The van der Waals surface area contributed by atoms with Crippen molar-refractivity contribution in [3.63, 3.8) is 0 Å². The van der Waals surface area contributed by atoms with Crippen LogP contribution in [0.4, 0.5) is 0 Å². The van der Waals surface area contributed by atoms with Gasteiger partial charge in [0.25, 0.3) is 0 Å².